The number of fused-ring (bicyclic) bond motifs is 1. The van der Waals surface area contributed by atoms with Gasteiger partial charge >= 0.3 is 0 Å². The lowest BCUT2D eigenvalue weighted by atomic mass is 10.1. The molecule has 0 spiro atoms. The van der Waals surface area contributed by atoms with Crippen LogP contribution in [0.5, 0.6) is 5.75 Å². The van der Waals surface area contributed by atoms with Crippen LogP contribution in [0.2, 0.25) is 5.02 Å². The Kier molecular flexibility index (Phi) is 4.27. The van der Waals surface area contributed by atoms with Crippen LogP contribution in [-0.2, 0) is 11.2 Å². The van der Waals surface area contributed by atoms with E-state index < -0.39 is 0 Å². The van der Waals surface area contributed by atoms with Crippen LogP contribution in [0.4, 0.5) is 5.69 Å². The van der Waals surface area contributed by atoms with Crippen molar-refractivity contribution in [3.05, 3.63) is 63.5 Å². The van der Waals surface area contributed by atoms with Crippen molar-refractivity contribution in [2.45, 2.75) is 19.4 Å². The van der Waals surface area contributed by atoms with Gasteiger partial charge in [-0.1, -0.05) is 17.7 Å². The number of amidine groups is 1. The highest BCUT2D eigenvalue weighted by Crippen LogP contribution is 2.32. The van der Waals surface area contributed by atoms with Gasteiger partial charge in [-0.05, 0) is 72.3 Å². The van der Waals surface area contributed by atoms with E-state index in [0.29, 0.717) is 15.1 Å². The molecule has 2 aliphatic heterocycles. The molecule has 6 heteroatoms. The summed E-state index contributed by atoms with van der Waals surface area (Å²) in [5, 5.41) is 4.02. The van der Waals surface area contributed by atoms with Crippen molar-refractivity contribution in [1.82, 2.24) is 5.32 Å². The Morgan fingerprint density at radius 1 is 1.28 bits per heavy atom. The van der Waals surface area contributed by atoms with E-state index in [1.165, 1.54) is 17.3 Å². The third kappa shape index (κ3) is 3.57. The lowest BCUT2D eigenvalue weighted by molar-refractivity contribution is -0.115. The Balaban J connectivity index is 1.55. The van der Waals surface area contributed by atoms with Gasteiger partial charge in [0.1, 0.15) is 11.9 Å². The zero-order valence-electron chi connectivity index (χ0n) is 13.5. The summed E-state index contributed by atoms with van der Waals surface area (Å²) >= 11 is 7.21. The first-order valence-corrected chi connectivity index (χ1v) is 9.11. The SMILES string of the molecule is C[C@H]1Cc2cc(/C=C3/SC(=Nc4ccc(Cl)cc4)NC3=O)ccc2O1. The summed E-state index contributed by atoms with van der Waals surface area (Å²) in [6, 6.07) is 13.2. The molecule has 0 bridgehead atoms. The molecule has 1 atom stereocenters. The molecule has 0 aromatic heterocycles. The van der Waals surface area contributed by atoms with Gasteiger partial charge in [-0.2, -0.15) is 0 Å². The number of hydrogen-bond acceptors (Lipinski definition) is 4. The third-order valence-electron chi connectivity index (χ3n) is 3.93. The average molecular weight is 371 g/mol. The summed E-state index contributed by atoms with van der Waals surface area (Å²) in [5.41, 5.74) is 2.92. The molecule has 1 N–H and O–H groups in total. The van der Waals surface area contributed by atoms with Crippen LogP contribution in [0.15, 0.2) is 52.4 Å². The molecule has 2 aromatic carbocycles. The van der Waals surface area contributed by atoms with Crippen LogP contribution >= 0.6 is 23.4 Å². The highest BCUT2D eigenvalue weighted by atomic mass is 35.5. The van der Waals surface area contributed by atoms with Gasteiger partial charge in [-0.15, -0.1) is 0 Å². The Morgan fingerprint density at radius 2 is 2.08 bits per heavy atom. The van der Waals surface area contributed by atoms with Gasteiger partial charge < -0.3 is 10.1 Å². The number of halogens is 1. The highest BCUT2D eigenvalue weighted by Gasteiger charge is 2.24. The van der Waals surface area contributed by atoms with Gasteiger partial charge in [-0.3, -0.25) is 4.79 Å². The number of nitrogens with zero attached hydrogens (tertiary/aromatic N) is 1. The maximum atomic E-state index is 12.2. The van der Waals surface area contributed by atoms with E-state index in [9.17, 15) is 4.79 Å². The van der Waals surface area contributed by atoms with E-state index >= 15 is 0 Å². The van der Waals surface area contributed by atoms with E-state index in [1.807, 2.05) is 30.3 Å². The van der Waals surface area contributed by atoms with Gasteiger partial charge in [-0.25, -0.2) is 4.99 Å². The molecule has 2 heterocycles. The fourth-order valence-corrected chi connectivity index (χ4v) is 3.76. The first kappa shape index (κ1) is 16.2. The molecule has 2 aromatic rings. The number of thioether (sulfide) groups is 1. The van der Waals surface area contributed by atoms with Crippen molar-refractivity contribution >= 4 is 46.2 Å². The first-order chi connectivity index (χ1) is 12.1. The summed E-state index contributed by atoms with van der Waals surface area (Å²) in [6.07, 6.45) is 2.99. The normalized spacial score (nSPS) is 22.2. The van der Waals surface area contributed by atoms with Crippen LogP contribution in [-0.4, -0.2) is 17.2 Å². The lowest BCUT2D eigenvalue weighted by Crippen LogP contribution is -2.19. The van der Waals surface area contributed by atoms with Crippen molar-refractivity contribution in [3.8, 4) is 5.75 Å². The molecule has 25 heavy (non-hydrogen) atoms. The Bertz CT molecular complexity index is 906. The largest absolute Gasteiger partial charge is 0.490 e. The minimum absolute atomic E-state index is 0.136. The van der Waals surface area contributed by atoms with Crippen LogP contribution in [0, 0.1) is 0 Å². The minimum Gasteiger partial charge on any atom is -0.490 e. The Morgan fingerprint density at radius 3 is 2.88 bits per heavy atom. The second kappa shape index (κ2) is 6.58. The number of rotatable bonds is 2. The van der Waals surface area contributed by atoms with E-state index in [4.69, 9.17) is 16.3 Å². The Hall–Kier alpha value is -2.24. The molecule has 0 unspecified atom stereocenters. The lowest BCUT2D eigenvalue weighted by Gasteiger charge is -2.02. The van der Waals surface area contributed by atoms with Gasteiger partial charge in [0.05, 0.1) is 10.6 Å². The van der Waals surface area contributed by atoms with Gasteiger partial charge in [0, 0.05) is 11.4 Å². The van der Waals surface area contributed by atoms with E-state index in [0.717, 1.165) is 23.4 Å². The molecule has 1 amide bonds. The fraction of sp³-hybridized carbons (Fsp3) is 0.158. The molecule has 2 aliphatic rings. The molecule has 0 saturated carbocycles. The maximum absolute atomic E-state index is 12.2. The zero-order chi connectivity index (χ0) is 17.4. The number of aliphatic imine (C=N–C) groups is 1. The number of ether oxygens (including phenoxy) is 1. The second-order valence-corrected chi connectivity index (χ2v) is 7.42. The number of benzene rings is 2. The summed E-state index contributed by atoms with van der Waals surface area (Å²) in [4.78, 5) is 17.3. The first-order valence-electron chi connectivity index (χ1n) is 7.91. The number of hydrogen-bond donors (Lipinski definition) is 1. The van der Waals surface area contributed by atoms with E-state index in [1.54, 1.807) is 12.1 Å². The van der Waals surface area contributed by atoms with Gasteiger partial charge in [0.15, 0.2) is 5.17 Å². The van der Waals surface area contributed by atoms with Crippen LogP contribution < -0.4 is 10.1 Å². The fourth-order valence-electron chi connectivity index (χ4n) is 2.80. The number of nitrogens with one attached hydrogen (secondary N) is 1. The van der Waals surface area contributed by atoms with Gasteiger partial charge in [0.25, 0.3) is 5.91 Å². The molecular formula is C19H15ClN2O2S. The van der Waals surface area contributed by atoms with Crippen LogP contribution in [0.1, 0.15) is 18.1 Å². The van der Waals surface area contributed by atoms with Crippen molar-refractivity contribution in [2.75, 3.05) is 0 Å². The van der Waals surface area contributed by atoms with Crippen molar-refractivity contribution in [3.63, 3.8) is 0 Å². The van der Waals surface area contributed by atoms with E-state index in [-0.39, 0.29) is 12.0 Å². The Labute approximate surface area is 154 Å². The van der Waals surface area contributed by atoms with E-state index in [2.05, 4.69) is 23.3 Å². The smallest absolute Gasteiger partial charge is 0.264 e. The topological polar surface area (TPSA) is 50.7 Å². The molecule has 1 fully saturated rings. The third-order valence-corrected chi connectivity index (χ3v) is 5.09. The monoisotopic (exact) mass is 370 g/mol. The molecule has 126 valence electrons. The number of carbonyl (C=O) groups is 1. The number of carbonyl (C=O) groups excluding carboxylic acids is 1. The second-order valence-electron chi connectivity index (χ2n) is 5.96. The molecule has 4 nitrogen and oxygen atoms in total. The quantitative estimate of drug-likeness (QED) is 0.788. The number of amides is 1. The van der Waals surface area contributed by atoms with Crippen molar-refractivity contribution in [2.24, 2.45) is 4.99 Å². The summed E-state index contributed by atoms with van der Waals surface area (Å²) in [7, 11) is 0. The molecule has 1 saturated heterocycles. The molecule has 0 radical (unpaired) electrons. The average Bonchev–Trinajstić information content (AvgIpc) is 3.11. The predicted molar refractivity (Wildman–Crippen MR) is 102 cm³/mol. The van der Waals surface area contributed by atoms with Gasteiger partial charge in [0.2, 0.25) is 0 Å². The minimum atomic E-state index is -0.136. The van der Waals surface area contributed by atoms with Crippen molar-refractivity contribution in [1.29, 1.82) is 0 Å². The standard InChI is InChI=1S/C19H15ClN2O2S/c1-11-8-13-9-12(2-7-16(13)24-11)10-17-18(23)22-19(25-17)21-15-5-3-14(20)4-6-15/h2-7,9-11H,8H2,1H3,(H,21,22,23)/b17-10+/t11-/m0/s1. The van der Waals surface area contributed by atoms with Crippen LogP contribution in [0.25, 0.3) is 6.08 Å². The predicted octanol–water partition coefficient (Wildman–Crippen LogP) is 4.56. The van der Waals surface area contributed by atoms with Crippen molar-refractivity contribution < 1.29 is 9.53 Å². The summed E-state index contributed by atoms with van der Waals surface area (Å²) in [6.45, 7) is 2.05. The summed E-state index contributed by atoms with van der Waals surface area (Å²) in [5.74, 6) is 0.797. The molecular weight excluding hydrogens is 356 g/mol. The molecule has 4 rings (SSSR count). The maximum Gasteiger partial charge on any atom is 0.264 e. The molecule has 0 aliphatic carbocycles. The highest BCUT2D eigenvalue weighted by molar-refractivity contribution is 8.18. The van der Waals surface area contributed by atoms with Crippen LogP contribution in [0.3, 0.4) is 0 Å². The zero-order valence-corrected chi connectivity index (χ0v) is 15.0. The summed E-state index contributed by atoms with van der Waals surface area (Å²) < 4.78 is 5.71.